The lowest BCUT2D eigenvalue weighted by molar-refractivity contribution is -0.118. The van der Waals surface area contributed by atoms with E-state index in [1.54, 1.807) is 12.3 Å². The van der Waals surface area contributed by atoms with Crippen molar-refractivity contribution in [3.05, 3.63) is 58.3 Å². The van der Waals surface area contributed by atoms with Gasteiger partial charge in [0.1, 0.15) is 12.4 Å². The van der Waals surface area contributed by atoms with Crippen molar-refractivity contribution in [3.8, 4) is 5.75 Å². The van der Waals surface area contributed by atoms with E-state index in [4.69, 9.17) is 4.74 Å². The highest BCUT2D eigenvalue weighted by atomic mass is 79.9. The molecule has 0 unspecified atom stereocenters. The van der Waals surface area contributed by atoms with Gasteiger partial charge in [0.05, 0.1) is 12.0 Å². The molecule has 0 bridgehead atoms. The number of carbonyl (C=O) groups is 1. The summed E-state index contributed by atoms with van der Waals surface area (Å²) in [5.74, 6) is 0.597. The largest absolute Gasteiger partial charge is 0.489 e. The number of aryl methyl sites for hydroxylation is 2. The molecule has 1 aromatic carbocycles. The van der Waals surface area contributed by atoms with Gasteiger partial charge >= 0.3 is 0 Å². The Balaban J connectivity index is 1.92. The molecule has 1 aromatic heterocycles. The van der Waals surface area contributed by atoms with Crippen molar-refractivity contribution in [2.75, 3.05) is 12.4 Å². The van der Waals surface area contributed by atoms with Crippen LogP contribution in [0.1, 0.15) is 17.0 Å². The minimum atomic E-state index is -0.238. The zero-order chi connectivity index (χ0) is 18.9. The van der Waals surface area contributed by atoms with E-state index in [1.165, 1.54) is 11.8 Å². The zero-order valence-electron chi connectivity index (χ0n) is 14.5. The lowest BCUT2D eigenvalue weighted by Gasteiger charge is -2.07. The molecule has 0 atom stereocenters. The number of rotatable bonds is 8. The van der Waals surface area contributed by atoms with Gasteiger partial charge in [-0.1, -0.05) is 40.3 Å². The average Bonchev–Trinajstić information content (AvgIpc) is 2.58. The van der Waals surface area contributed by atoms with Crippen LogP contribution >= 0.6 is 27.7 Å². The lowest BCUT2D eigenvalue weighted by atomic mass is 10.2. The van der Waals surface area contributed by atoms with Gasteiger partial charge in [0, 0.05) is 21.4 Å². The van der Waals surface area contributed by atoms with Gasteiger partial charge in [0.2, 0.25) is 0 Å². The van der Waals surface area contributed by atoms with Crippen molar-refractivity contribution >= 4 is 39.8 Å². The monoisotopic (exact) mass is 434 g/mol. The Labute approximate surface area is 165 Å². The average molecular weight is 435 g/mol. The fourth-order valence-electron chi connectivity index (χ4n) is 1.99. The molecule has 0 radical (unpaired) electrons. The van der Waals surface area contributed by atoms with Gasteiger partial charge in [0.25, 0.3) is 5.91 Å². The van der Waals surface area contributed by atoms with E-state index in [1.807, 2.05) is 38.1 Å². The molecule has 0 saturated heterocycles. The molecular weight excluding hydrogens is 416 g/mol. The third-order valence-electron chi connectivity index (χ3n) is 3.02. The Hall–Kier alpha value is -2.19. The van der Waals surface area contributed by atoms with Crippen molar-refractivity contribution in [2.45, 2.75) is 19.0 Å². The van der Waals surface area contributed by atoms with Crippen LogP contribution in [0.2, 0.25) is 0 Å². The number of carbonyl (C=O) groups excluding carboxylic acids is 1. The zero-order valence-corrected chi connectivity index (χ0v) is 16.9. The molecular formula is C18H19BrN4O2S. The van der Waals surface area contributed by atoms with Crippen molar-refractivity contribution in [1.82, 2.24) is 15.4 Å². The second-order valence-corrected chi connectivity index (χ2v) is 7.16. The summed E-state index contributed by atoms with van der Waals surface area (Å²) in [5.41, 5.74) is 4.99. The van der Waals surface area contributed by atoms with Gasteiger partial charge in [-0.15, -0.1) is 0 Å². The van der Waals surface area contributed by atoms with Gasteiger partial charge in [-0.2, -0.15) is 5.10 Å². The van der Waals surface area contributed by atoms with E-state index in [-0.39, 0.29) is 11.7 Å². The van der Waals surface area contributed by atoms with Gasteiger partial charge < -0.3 is 4.74 Å². The fraction of sp³-hybridized carbons (Fsp3) is 0.222. The minimum Gasteiger partial charge on any atom is -0.489 e. The first-order valence-corrected chi connectivity index (χ1v) is 9.56. The molecule has 0 spiro atoms. The summed E-state index contributed by atoms with van der Waals surface area (Å²) in [6, 6.07) is 7.43. The smallest absolute Gasteiger partial charge is 0.250 e. The Morgan fingerprint density at radius 2 is 2.08 bits per heavy atom. The Bertz CT molecular complexity index is 807. The molecule has 1 N–H and O–H groups in total. The number of nitrogens with zero attached hydrogens (tertiary/aromatic N) is 3. The first-order chi connectivity index (χ1) is 12.5. The highest BCUT2D eigenvalue weighted by Crippen LogP contribution is 2.21. The standard InChI is InChI=1S/C18H19BrN4O2S/c1-4-7-25-16-6-5-15(19)9-14(16)10-20-23-17(24)11-26-18-21-12(2)8-13(3)22-18/h4-6,8-10H,1,7,11H2,2-3H3,(H,23,24). The molecule has 0 aliphatic heterocycles. The molecule has 26 heavy (non-hydrogen) atoms. The second-order valence-electron chi connectivity index (χ2n) is 5.30. The molecule has 0 fully saturated rings. The van der Waals surface area contributed by atoms with Crippen LogP contribution in [0.15, 0.2) is 51.7 Å². The maximum Gasteiger partial charge on any atom is 0.250 e. The Morgan fingerprint density at radius 3 is 2.77 bits per heavy atom. The predicted octanol–water partition coefficient (Wildman–Crippen LogP) is 3.66. The lowest BCUT2D eigenvalue weighted by Crippen LogP contribution is -2.20. The Kier molecular flexibility index (Phi) is 7.80. The number of halogens is 1. The van der Waals surface area contributed by atoms with Gasteiger partial charge in [-0.05, 0) is 38.1 Å². The van der Waals surface area contributed by atoms with E-state index >= 15 is 0 Å². The number of benzene rings is 1. The van der Waals surface area contributed by atoms with Gasteiger partial charge in [0.15, 0.2) is 5.16 Å². The minimum absolute atomic E-state index is 0.179. The molecule has 2 rings (SSSR count). The third kappa shape index (κ3) is 6.61. The molecule has 0 saturated carbocycles. The number of hydrazone groups is 1. The number of ether oxygens (including phenoxy) is 1. The molecule has 8 heteroatoms. The van der Waals surface area contributed by atoms with Crippen molar-refractivity contribution < 1.29 is 9.53 Å². The number of thioether (sulfide) groups is 1. The van der Waals surface area contributed by atoms with Crippen LogP contribution in [-0.2, 0) is 4.79 Å². The van der Waals surface area contributed by atoms with Crippen LogP contribution in [0.3, 0.4) is 0 Å². The van der Waals surface area contributed by atoms with Gasteiger partial charge in [-0.3, -0.25) is 4.79 Å². The summed E-state index contributed by atoms with van der Waals surface area (Å²) in [6.07, 6.45) is 3.20. The van der Waals surface area contributed by atoms with Crippen LogP contribution in [0.5, 0.6) is 5.75 Å². The van der Waals surface area contributed by atoms with Crippen LogP contribution in [0, 0.1) is 13.8 Å². The quantitative estimate of drug-likeness (QED) is 0.225. The Morgan fingerprint density at radius 1 is 1.35 bits per heavy atom. The maximum absolute atomic E-state index is 11.9. The maximum atomic E-state index is 11.9. The number of amides is 1. The predicted molar refractivity (Wildman–Crippen MR) is 108 cm³/mol. The van der Waals surface area contributed by atoms with E-state index in [0.29, 0.717) is 17.5 Å². The summed E-state index contributed by atoms with van der Waals surface area (Å²) in [4.78, 5) is 20.5. The first kappa shape index (κ1) is 20.1. The molecule has 1 amide bonds. The van der Waals surface area contributed by atoms with E-state index in [0.717, 1.165) is 21.4 Å². The molecule has 136 valence electrons. The molecule has 6 nitrogen and oxygen atoms in total. The van der Waals surface area contributed by atoms with Crippen molar-refractivity contribution in [1.29, 1.82) is 0 Å². The first-order valence-electron chi connectivity index (χ1n) is 7.78. The summed E-state index contributed by atoms with van der Waals surface area (Å²) < 4.78 is 6.45. The van der Waals surface area contributed by atoms with Crippen molar-refractivity contribution in [3.63, 3.8) is 0 Å². The fourth-order valence-corrected chi connectivity index (χ4v) is 3.12. The summed E-state index contributed by atoms with van der Waals surface area (Å²) in [6.45, 7) is 7.81. The normalized spacial score (nSPS) is 10.7. The number of aromatic nitrogens is 2. The molecule has 0 aliphatic carbocycles. The number of hydrogen-bond donors (Lipinski definition) is 1. The van der Waals surface area contributed by atoms with Crippen molar-refractivity contribution in [2.24, 2.45) is 5.10 Å². The SMILES string of the molecule is C=CCOc1ccc(Br)cc1C=NNC(=O)CSc1nc(C)cc(C)n1. The highest BCUT2D eigenvalue weighted by Gasteiger charge is 2.06. The topological polar surface area (TPSA) is 76.5 Å². The van der Waals surface area contributed by atoms with E-state index < -0.39 is 0 Å². The van der Waals surface area contributed by atoms with Crippen LogP contribution in [0.4, 0.5) is 0 Å². The summed E-state index contributed by atoms with van der Waals surface area (Å²) >= 11 is 4.67. The van der Waals surface area contributed by atoms with Gasteiger partial charge in [-0.25, -0.2) is 15.4 Å². The van der Waals surface area contributed by atoms with Crippen LogP contribution in [0.25, 0.3) is 0 Å². The van der Waals surface area contributed by atoms with Crippen LogP contribution in [-0.4, -0.2) is 34.4 Å². The van der Waals surface area contributed by atoms with E-state index in [9.17, 15) is 4.79 Å². The van der Waals surface area contributed by atoms with Crippen LogP contribution < -0.4 is 10.2 Å². The summed E-state index contributed by atoms with van der Waals surface area (Å²) in [7, 11) is 0. The second kappa shape index (κ2) is 10.1. The molecule has 1 heterocycles. The molecule has 2 aromatic rings. The summed E-state index contributed by atoms with van der Waals surface area (Å²) in [5, 5.41) is 4.57. The number of hydrogen-bond acceptors (Lipinski definition) is 6. The highest BCUT2D eigenvalue weighted by molar-refractivity contribution is 9.10. The third-order valence-corrected chi connectivity index (χ3v) is 4.36. The molecule has 0 aliphatic rings. The number of nitrogens with one attached hydrogen (secondary N) is 1. The van der Waals surface area contributed by atoms with E-state index in [2.05, 4.69) is 43.0 Å².